The normalized spacial score (nSPS) is 9.79. The van der Waals surface area contributed by atoms with Gasteiger partial charge < -0.3 is 9.84 Å². The zero-order valence-corrected chi connectivity index (χ0v) is 8.06. The van der Waals surface area contributed by atoms with E-state index >= 15 is 0 Å². The van der Waals surface area contributed by atoms with Crippen LogP contribution in [0.25, 0.3) is 0 Å². The van der Waals surface area contributed by atoms with Crippen LogP contribution in [0, 0.1) is 0 Å². The van der Waals surface area contributed by atoms with E-state index in [2.05, 4.69) is 4.98 Å². The second-order valence-corrected chi connectivity index (χ2v) is 2.96. The fourth-order valence-corrected chi connectivity index (χ4v) is 1.12. The van der Waals surface area contributed by atoms with Crippen molar-refractivity contribution in [3.05, 3.63) is 23.9 Å². The minimum atomic E-state index is -0.758. The first-order valence-corrected chi connectivity index (χ1v) is 4.43. The molecule has 0 saturated carbocycles. The lowest BCUT2D eigenvalue weighted by molar-refractivity contribution is -0.137. The summed E-state index contributed by atoms with van der Waals surface area (Å²) in [6, 6.07) is 3.67. The van der Waals surface area contributed by atoms with Gasteiger partial charge in [0.2, 0.25) is 5.88 Å². The van der Waals surface area contributed by atoms with Crippen molar-refractivity contribution < 1.29 is 14.6 Å². The average molecular weight is 195 g/mol. The topological polar surface area (TPSA) is 59.4 Å². The summed E-state index contributed by atoms with van der Waals surface area (Å²) < 4.78 is 4.91. The van der Waals surface area contributed by atoms with Crippen molar-refractivity contribution in [1.29, 1.82) is 0 Å². The Labute approximate surface area is 82.5 Å². The van der Waals surface area contributed by atoms with Crippen molar-refractivity contribution in [1.82, 2.24) is 4.98 Å². The van der Waals surface area contributed by atoms with Gasteiger partial charge in [-0.25, -0.2) is 4.98 Å². The maximum atomic E-state index is 10.3. The van der Waals surface area contributed by atoms with Gasteiger partial charge in [-0.2, -0.15) is 0 Å². The van der Waals surface area contributed by atoms with Gasteiger partial charge in [-0.05, 0) is 18.4 Å². The van der Waals surface area contributed by atoms with Gasteiger partial charge in [0, 0.05) is 18.7 Å². The van der Waals surface area contributed by atoms with Crippen LogP contribution in [0.1, 0.15) is 18.4 Å². The van der Waals surface area contributed by atoms with E-state index in [4.69, 9.17) is 9.84 Å². The van der Waals surface area contributed by atoms with E-state index in [1.54, 1.807) is 19.4 Å². The van der Waals surface area contributed by atoms with Gasteiger partial charge in [-0.3, -0.25) is 4.79 Å². The molecule has 1 heterocycles. The number of carbonyl (C=O) groups is 1. The largest absolute Gasteiger partial charge is 0.481 e. The Morgan fingerprint density at radius 2 is 2.36 bits per heavy atom. The first kappa shape index (κ1) is 10.5. The minimum absolute atomic E-state index is 0.200. The van der Waals surface area contributed by atoms with Crippen LogP contribution in [0.15, 0.2) is 18.3 Å². The molecule has 4 heteroatoms. The lowest BCUT2D eigenvalue weighted by atomic mass is 10.1. The van der Waals surface area contributed by atoms with E-state index in [1.807, 2.05) is 6.07 Å². The summed E-state index contributed by atoms with van der Waals surface area (Å²) in [6.07, 6.45) is 3.29. The number of carboxylic acids is 1. The van der Waals surface area contributed by atoms with Crippen molar-refractivity contribution in [3.63, 3.8) is 0 Å². The maximum absolute atomic E-state index is 10.3. The van der Waals surface area contributed by atoms with E-state index in [1.165, 1.54) is 0 Å². The highest BCUT2D eigenvalue weighted by atomic mass is 16.5. The zero-order chi connectivity index (χ0) is 10.4. The molecular weight excluding hydrogens is 182 g/mol. The maximum Gasteiger partial charge on any atom is 0.303 e. The van der Waals surface area contributed by atoms with Gasteiger partial charge in [0.05, 0.1) is 7.11 Å². The lowest BCUT2D eigenvalue weighted by Crippen LogP contribution is -1.96. The van der Waals surface area contributed by atoms with Crippen LogP contribution in [-0.2, 0) is 11.2 Å². The van der Waals surface area contributed by atoms with Crippen molar-refractivity contribution in [2.24, 2.45) is 0 Å². The zero-order valence-electron chi connectivity index (χ0n) is 8.06. The number of carboxylic acid groups (broad SMARTS) is 1. The summed E-state index contributed by atoms with van der Waals surface area (Å²) in [4.78, 5) is 14.3. The summed E-state index contributed by atoms with van der Waals surface area (Å²) in [5.41, 5.74) is 1.03. The number of hydrogen-bond acceptors (Lipinski definition) is 3. The molecule has 4 nitrogen and oxygen atoms in total. The fourth-order valence-electron chi connectivity index (χ4n) is 1.12. The number of aliphatic carboxylic acids is 1. The molecule has 0 amide bonds. The van der Waals surface area contributed by atoms with Crippen LogP contribution >= 0.6 is 0 Å². The predicted molar refractivity (Wildman–Crippen MR) is 51.4 cm³/mol. The Kier molecular flexibility index (Phi) is 3.91. The number of pyridine rings is 1. The minimum Gasteiger partial charge on any atom is -0.481 e. The van der Waals surface area contributed by atoms with E-state index in [9.17, 15) is 4.79 Å². The summed E-state index contributed by atoms with van der Waals surface area (Å²) in [5, 5.41) is 8.44. The summed E-state index contributed by atoms with van der Waals surface area (Å²) in [7, 11) is 1.56. The van der Waals surface area contributed by atoms with E-state index in [0.29, 0.717) is 12.3 Å². The predicted octanol–water partition coefficient (Wildman–Crippen LogP) is 1.50. The van der Waals surface area contributed by atoms with E-state index in [0.717, 1.165) is 12.0 Å². The van der Waals surface area contributed by atoms with Gasteiger partial charge >= 0.3 is 5.97 Å². The third-order valence-corrected chi connectivity index (χ3v) is 1.86. The van der Waals surface area contributed by atoms with Crippen molar-refractivity contribution in [2.45, 2.75) is 19.3 Å². The third kappa shape index (κ3) is 3.43. The monoisotopic (exact) mass is 195 g/mol. The number of aryl methyl sites for hydroxylation is 1. The number of methoxy groups -OCH3 is 1. The molecule has 0 radical (unpaired) electrons. The number of ether oxygens (including phenoxy) is 1. The molecule has 0 aliphatic heterocycles. The second-order valence-electron chi connectivity index (χ2n) is 2.96. The highest BCUT2D eigenvalue weighted by Gasteiger charge is 1.99. The van der Waals surface area contributed by atoms with Crippen molar-refractivity contribution in [2.75, 3.05) is 7.11 Å². The van der Waals surface area contributed by atoms with Crippen LogP contribution in [0.4, 0.5) is 0 Å². The Morgan fingerprint density at radius 1 is 1.57 bits per heavy atom. The summed E-state index contributed by atoms with van der Waals surface area (Å²) in [5.74, 6) is -0.182. The molecule has 0 atom stereocenters. The molecular formula is C10H13NO3. The van der Waals surface area contributed by atoms with Crippen molar-refractivity contribution >= 4 is 5.97 Å². The average Bonchev–Trinajstić information content (AvgIpc) is 2.18. The molecule has 0 aromatic carbocycles. The molecule has 0 fully saturated rings. The van der Waals surface area contributed by atoms with Gasteiger partial charge in [-0.15, -0.1) is 0 Å². The standard InChI is InChI=1S/C10H13NO3/c1-14-9-6-5-8(7-11-9)3-2-4-10(12)13/h5-7H,2-4H2,1H3,(H,12,13). The van der Waals surface area contributed by atoms with Gasteiger partial charge in [0.25, 0.3) is 0 Å². The Bertz CT molecular complexity index is 295. The highest BCUT2D eigenvalue weighted by molar-refractivity contribution is 5.66. The highest BCUT2D eigenvalue weighted by Crippen LogP contribution is 2.09. The molecule has 0 saturated heterocycles. The van der Waals surface area contributed by atoms with Crippen molar-refractivity contribution in [3.8, 4) is 5.88 Å². The third-order valence-electron chi connectivity index (χ3n) is 1.86. The Morgan fingerprint density at radius 3 is 2.86 bits per heavy atom. The fraction of sp³-hybridized carbons (Fsp3) is 0.400. The van der Waals surface area contributed by atoms with Crippen LogP contribution in [0.2, 0.25) is 0 Å². The molecule has 0 aliphatic carbocycles. The van der Waals surface area contributed by atoms with Crippen LogP contribution in [0.5, 0.6) is 5.88 Å². The van der Waals surface area contributed by atoms with E-state index < -0.39 is 5.97 Å². The lowest BCUT2D eigenvalue weighted by Gasteiger charge is -2.01. The smallest absolute Gasteiger partial charge is 0.303 e. The molecule has 1 N–H and O–H groups in total. The Balaban J connectivity index is 2.40. The van der Waals surface area contributed by atoms with Gasteiger partial charge in [-0.1, -0.05) is 6.07 Å². The van der Waals surface area contributed by atoms with Gasteiger partial charge in [0.1, 0.15) is 0 Å². The van der Waals surface area contributed by atoms with Crippen LogP contribution < -0.4 is 4.74 Å². The number of nitrogens with zero attached hydrogens (tertiary/aromatic N) is 1. The molecule has 0 spiro atoms. The molecule has 1 aromatic heterocycles. The molecule has 1 rings (SSSR count). The summed E-state index contributed by atoms with van der Waals surface area (Å²) in [6.45, 7) is 0. The van der Waals surface area contributed by atoms with Crippen LogP contribution in [-0.4, -0.2) is 23.2 Å². The van der Waals surface area contributed by atoms with Gasteiger partial charge in [0.15, 0.2) is 0 Å². The molecule has 1 aromatic rings. The number of hydrogen-bond donors (Lipinski definition) is 1. The SMILES string of the molecule is COc1ccc(CCCC(=O)O)cn1. The number of rotatable bonds is 5. The number of aromatic nitrogens is 1. The first-order chi connectivity index (χ1) is 6.72. The molecule has 14 heavy (non-hydrogen) atoms. The quantitative estimate of drug-likeness (QED) is 0.773. The second kappa shape index (κ2) is 5.21. The van der Waals surface area contributed by atoms with Crippen LogP contribution in [0.3, 0.4) is 0 Å². The molecule has 0 aliphatic rings. The molecule has 76 valence electrons. The first-order valence-electron chi connectivity index (χ1n) is 4.43. The summed E-state index contributed by atoms with van der Waals surface area (Å²) >= 11 is 0. The molecule has 0 bridgehead atoms. The Hall–Kier alpha value is -1.58. The molecule has 0 unspecified atom stereocenters. The van der Waals surface area contributed by atoms with E-state index in [-0.39, 0.29) is 6.42 Å².